The van der Waals surface area contributed by atoms with Crippen LogP contribution in [0.2, 0.25) is 18.1 Å². The lowest BCUT2D eigenvalue weighted by Crippen LogP contribution is -2.29. The van der Waals surface area contributed by atoms with Crippen LogP contribution >= 0.6 is 34.8 Å². The summed E-state index contributed by atoms with van der Waals surface area (Å²) in [6.07, 6.45) is 3.37. The van der Waals surface area contributed by atoms with Crippen LogP contribution in [-0.2, 0) is 9.47 Å². The van der Waals surface area contributed by atoms with Crippen LogP contribution in [0.3, 0.4) is 0 Å². The van der Waals surface area contributed by atoms with Gasteiger partial charge in [0.05, 0.1) is 21.3 Å². The Morgan fingerprint density at radius 3 is 2.16 bits per heavy atom. The molecule has 114 valence electrons. The Morgan fingerprint density at radius 2 is 1.68 bits per heavy atom. The molecule has 0 atom stereocenters. The van der Waals surface area contributed by atoms with Crippen LogP contribution < -0.4 is 0 Å². The van der Waals surface area contributed by atoms with Crippen LogP contribution in [0.1, 0.15) is 27.2 Å². The average molecular weight is 348 g/mol. The van der Waals surface area contributed by atoms with Gasteiger partial charge < -0.3 is 9.47 Å². The van der Waals surface area contributed by atoms with Crippen molar-refractivity contribution < 1.29 is 9.47 Å². The Kier molecular flexibility index (Phi) is 10.9. The van der Waals surface area contributed by atoms with Crippen molar-refractivity contribution >= 4 is 42.9 Å². The molecule has 6 heteroatoms. The van der Waals surface area contributed by atoms with E-state index in [4.69, 9.17) is 44.3 Å². The molecule has 0 aromatic carbocycles. The first-order chi connectivity index (χ1) is 8.89. The third-order valence-corrected chi connectivity index (χ3v) is 8.86. The number of alkyl halides is 3. The fourth-order valence-corrected chi connectivity index (χ4v) is 5.72. The van der Waals surface area contributed by atoms with Gasteiger partial charge in [-0.3, -0.25) is 0 Å². The van der Waals surface area contributed by atoms with Crippen LogP contribution in [0.15, 0.2) is 11.8 Å². The van der Waals surface area contributed by atoms with Crippen molar-refractivity contribution in [1.82, 2.24) is 0 Å². The van der Waals surface area contributed by atoms with Crippen molar-refractivity contribution in [2.45, 2.75) is 49.1 Å². The highest BCUT2D eigenvalue weighted by Gasteiger charge is 2.23. The van der Waals surface area contributed by atoms with Crippen molar-refractivity contribution in [3.05, 3.63) is 11.8 Å². The van der Waals surface area contributed by atoms with E-state index in [9.17, 15) is 0 Å². The Bertz CT molecular complexity index is 251. The second kappa shape index (κ2) is 10.5. The van der Waals surface area contributed by atoms with Gasteiger partial charge in [-0.2, -0.15) is 0 Å². The number of hydrogen-bond donors (Lipinski definition) is 0. The highest BCUT2D eigenvalue weighted by molar-refractivity contribution is 6.84. The molecular formula is C13H25Cl3O2Si. The molecule has 0 aliphatic heterocycles. The zero-order chi connectivity index (χ0) is 14.8. The summed E-state index contributed by atoms with van der Waals surface area (Å²) in [6, 6.07) is 3.93. The maximum atomic E-state index is 5.55. The van der Waals surface area contributed by atoms with E-state index in [1.165, 1.54) is 24.6 Å². The Balaban J connectivity index is 3.88. The second-order valence-corrected chi connectivity index (χ2v) is 12.2. The lowest BCUT2D eigenvalue weighted by Gasteiger charge is -2.25. The van der Waals surface area contributed by atoms with E-state index in [1.54, 1.807) is 0 Å². The van der Waals surface area contributed by atoms with Gasteiger partial charge >= 0.3 is 0 Å². The van der Waals surface area contributed by atoms with Gasteiger partial charge in [0, 0.05) is 0 Å². The first kappa shape index (κ1) is 19.7. The summed E-state index contributed by atoms with van der Waals surface area (Å²) in [6.45, 7) is 7.58. The van der Waals surface area contributed by atoms with E-state index in [-0.39, 0.29) is 13.4 Å². The molecular weight excluding hydrogens is 323 g/mol. The number of hydrogen-bond acceptors (Lipinski definition) is 2. The van der Waals surface area contributed by atoms with Crippen LogP contribution in [0.4, 0.5) is 0 Å². The predicted octanol–water partition coefficient (Wildman–Crippen LogP) is 5.34. The van der Waals surface area contributed by atoms with E-state index in [0.717, 1.165) is 0 Å². The Hall–Kier alpha value is 0.747. The molecule has 0 aliphatic carbocycles. The maximum absolute atomic E-state index is 5.55. The molecule has 0 saturated heterocycles. The van der Waals surface area contributed by atoms with Crippen LogP contribution in [0, 0.1) is 0 Å². The van der Waals surface area contributed by atoms with E-state index in [0.29, 0.717) is 6.61 Å². The summed E-state index contributed by atoms with van der Waals surface area (Å²) in [7, 11) is -1.21. The molecule has 0 spiro atoms. The molecule has 2 nitrogen and oxygen atoms in total. The number of halogens is 3. The largest absolute Gasteiger partial charge is 0.351 e. The van der Waals surface area contributed by atoms with Crippen LogP contribution in [-0.4, -0.2) is 31.9 Å². The summed E-state index contributed by atoms with van der Waals surface area (Å²) >= 11 is 16.6. The van der Waals surface area contributed by atoms with E-state index < -0.39 is 11.9 Å². The van der Waals surface area contributed by atoms with Gasteiger partial charge in [-0.05, 0) is 0 Å². The molecule has 0 bridgehead atoms. The molecule has 0 heterocycles. The molecule has 0 aromatic rings. The van der Waals surface area contributed by atoms with Gasteiger partial charge in [0.1, 0.15) is 6.79 Å². The summed E-state index contributed by atoms with van der Waals surface area (Å²) in [4.78, 5) is 0. The minimum absolute atomic E-state index is 0.0415. The number of ether oxygens (including phenoxy) is 2. The van der Waals surface area contributed by atoms with Gasteiger partial charge in [0.2, 0.25) is 3.79 Å². The molecule has 0 saturated carbocycles. The highest BCUT2D eigenvalue weighted by Crippen LogP contribution is 2.26. The third kappa shape index (κ3) is 10.2. The first-order valence-electron chi connectivity index (χ1n) is 6.79. The predicted molar refractivity (Wildman–Crippen MR) is 88.0 cm³/mol. The number of rotatable bonds is 10. The summed E-state index contributed by atoms with van der Waals surface area (Å²) < 4.78 is 9.05. The van der Waals surface area contributed by atoms with Gasteiger partial charge in [-0.15, -0.1) is 0 Å². The normalized spacial score (nSPS) is 13.4. The molecule has 0 rings (SSSR count). The third-order valence-electron chi connectivity index (χ3n) is 3.27. The molecule has 0 aliphatic rings. The van der Waals surface area contributed by atoms with E-state index >= 15 is 0 Å². The zero-order valence-electron chi connectivity index (χ0n) is 12.1. The molecule has 0 radical (unpaired) electrons. The van der Waals surface area contributed by atoms with Crippen molar-refractivity contribution in [3.63, 3.8) is 0 Å². The lowest BCUT2D eigenvalue weighted by molar-refractivity contribution is -0.0420. The molecule has 0 unspecified atom stereocenters. The van der Waals surface area contributed by atoms with Crippen molar-refractivity contribution in [1.29, 1.82) is 0 Å². The monoisotopic (exact) mass is 346 g/mol. The molecule has 0 amide bonds. The van der Waals surface area contributed by atoms with Gasteiger partial charge in [-0.1, -0.05) is 91.9 Å². The van der Waals surface area contributed by atoms with Gasteiger partial charge in [-0.25, -0.2) is 0 Å². The quantitative estimate of drug-likeness (QED) is 0.230. The summed E-state index contributed by atoms with van der Waals surface area (Å²) in [5, 5.41) is 0. The second-order valence-electron chi connectivity index (χ2n) is 4.67. The topological polar surface area (TPSA) is 18.5 Å². The molecule has 0 N–H and O–H groups in total. The zero-order valence-corrected chi connectivity index (χ0v) is 15.3. The van der Waals surface area contributed by atoms with Gasteiger partial charge in [0.15, 0.2) is 0 Å². The fraction of sp³-hybridized carbons (Fsp3) is 0.846. The van der Waals surface area contributed by atoms with Crippen molar-refractivity contribution in [2.75, 3.05) is 20.0 Å². The SMILES string of the molecule is CCC[Si](C=CCOCOCC(Cl)(Cl)Cl)(CC)CC. The van der Waals surface area contributed by atoms with E-state index in [2.05, 4.69) is 32.5 Å². The summed E-state index contributed by atoms with van der Waals surface area (Å²) in [5.41, 5.74) is 2.41. The Labute approximate surface area is 133 Å². The summed E-state index contributed by atoms with van der Waals surface area (Å²) in [5.74, 6) is 0. The molecule has 19 heavy (non-hydrogen) atoms. The highest BCUT2D eigenvalue weighted by atomic mass is 35.6. The van der Waals surface area contributed by atoms with Crippen LogP contribution in [0.5, 0.6) is 0 Å². The van der Waals surface area contributed by atoms with Crippen molar-refractivity contribution in [3.8, 4) is 0 Å². The minimum atomic E-state index is -1.37. The molecule has 0 fully saturated rings. The lowest BCUT2D eigenvalue weighted by atomic mass is 10.6. The van der Waals surface area contributed by atoms with Crippen molar-refractivity contribution in [2.24, 2.45) is 0 Å². The first-order valence-corrected chi connectivity index (χ1v) is 10.6. The van der Waals surface area contributed by atoms with Gasteiger partial charge in [0.25, 0.3) is 0 Å². The fourth-order valence-electron chi connectivity index (χ4n) is 2.05. The Morgan fingerprint density at radius 1 is 1.05 bits per heavy atom. The average Bonchev–Trinajstić information content (AvgIpc) is 2.35. The molecule has 0 aromatic heterocycles. The maximum Gasteiger partial charge on any atom is 0.213 e. The standard InChI is InChI=1S/C13H25Cl3O2Si/c1-4-9-19(5-2,6-3)10-7-8-17-12-18-11-13(14,15)16/h7,10H,4-6,8-9,11-12H2,1-3H3. The minimum Gasteiger partial charge on any atom is -0.351 e. The smallest absolute Gasteiger partial charge is 0.213 e. The van der Waals surface area contributed by atoms with E-state index in [1.807, 2.05) is 0 Å². The van der Waals surface area contributed by atoms with Crippen LogP contribution in [0.25, 0.3) is 0 Å².